The molecule has 154 valence electrons. The Bertz CT molecular complexity index is 1170. The molecule has 2 aromatic heterocycles. The Morgan fingerprint density at radius 2 is 1.86 bits per heavy atom. The first-order chi connectivity index (χ1) is 13.8. The molecular formula is C21H26BrN5O2. The second-order valence-corrected chi connectivity index (χ2v) is 9.28. The smallest absolute Gasteiger partial charge is 0.312 e. The van der Waals surface area contributed by atoms with Crippen molar-refractivity contribution in [1.29, 1.82) is 0 Å². The molecule has 4 rings (SSSR count). The van der Waals surface area contributed by atoms with Crippen LogP contribution in [0, 0.1) is 11.8 Å². The predicted octanol–water partition coefficient (Wildman–Crippen LogP) is 3.49. The first-order valence-corrected chi connectivity index (χ1v) is 10.8. The fourth-order valence-electron chi connectivity index (χ4n) is 3.93. The van der Waals surface area contributed by atoms with Crippen molar-refractivity contribution in [2.24, 2.45) is 18.9 Å². The van der Waals surface area contributed by atoms with Crippen LogP contribution >= 0.6 is 15.9 Å². The van der Waals surface area contributed by atoms with Crippen LogP contribution in [-0.4, -0.2) is 25.2 Å². The van der Waals surface area contributed by atoms with Crippen molar-refractivity contribution >= 4 is 38.7 Å². The highest BCUT2D eigenvalue weighted by atomic mass is 79.9. The number of halogens is 1. The third kappa shape index (κ3) is 3.43. The average molecular weight is 460 g/mol. The maximum atomic E-state index is 13.3. The molecule has 1 aliphatic rings. The van der Waals surface area contributed by atoms with Crippen molar-refractivity contribution in [3.63, 3.8) is 0 Å². The highest BCUT2D eigenvalue weighted by molar-refractivity contribution is 9.10. The third-order valence-electron chi connectivity index (χ3n) is 5.51. The van der Waals surface area contributed by atoms with Gasteiger partial charge in [0.15, 0.2) is 11.2 Å². The molecule has 3 aromatic rings. The molecule has 0 amide bonds. The van der Waals surface area contributed by atoms with Crippen molar-refractivity contribution in [3.8, 4) is 0 Å². The van der Waals surface area contributed by atoms with E-state index in [0.717, 1.165) is 23.1 Å². The quantitative estimate of drug-likeness (QED) is 0.598. The first kappa shape index (κ1) is 19.9. The Balaban J connectivity index is 1.94. The molecule has 0 saturated carbocycles. The summed E-state index contributed by atoms with van der Waals surface area (Å²) >= 11 is 3.48. The summed E-state index contributed by atoms with van der Waals surface area (Å²) in [5, 5.41) is 0. The Kier molecular flexibility index (Phi) is 5.14. The monoisotopic (exact) mass is 459 g/mol. The molecule has 3 heterocycles. The lowest BCUT2D eigenvalue weighted by Gasteiger charge is -2.33. The summed E-state index contributed by atoms with van der Waals surface area (Å²) in [4.78, 5) is 33.0. The van der Waals surface area contributed by atoms with Crippen molar-refractivity contribution in [1.82, 2.24) is 18.7 Å². The van der Waals surface area contributed by atoms with Crippen LogP contribution in [0.3, 0.4) is 0 Å². The Morgan fingerprint density at radius 1 is 1.17 bits per heavy atom. The van der Waals surface area contributed by atoms with Gasteiger partial charge in [-0.2, -0.15) is 4.98 Å². The first-order valence-electron chi connectivity index (χ1n) is 10.0. The van der Waals surface area contributed by atoms with E-state index in [1.165, 1.54) is 9.13 Å². The summed E-state index contributed by atoms with van der Waals surface area (Å²) in [5.74, 6) is 1.47. The molecule has 29 heavy (non-hydrogen) atoms. The maximum absolute atomic E-state index is 13.3. The summed E-state index contributed by atoms with van der Waals surface area (Å²) in [6, 6.07) is 8.06. The van der Waals surface area contributed by atoms with Crippen LogP contribution in [-0.2, 0) is 20.1 Å². The number of imidazole rings is 1. The summed E-state index contributed by atoms with van der Waals surface area (Å²) in [6.07, 6.45) is 0.781. The Morgan fingerprint density at radius 3 is 2.52 bits per heavy atom. The number of benzene rings is 1. The van der Waals surface area contributed by atoms with Gasteiger partial charge in [0, 0.05) is 36.8 Å². The SMILES string of the molecule is CC(C)CCn1c(=O)c2c(nc3n2CC(C)CN3c2ccc(Br)cc2)n(C)c1=O. The molecule has 0 spiro atoms. The number of fused-ring (bicyclic) bond motifs is 3. The molecule has 7 nitrogen and oxygen atoms in total. The number of anilines is 2. The molecule has 1 aromatic carbocycles. The molecule has 0 radical (unpaired) electrons. The van der Waals surface area contributed by atoms with E-state index in [9.17, 15) is 9.59 Å². The maximum Gasteiger partial charge on any atom is 0.332 e. The van der Waals surface area contributed by atoms with E-state index in [1.807, 2.05) is 28.8 Å². The van der Waals surface area contributed by atoms with Crippen LogP contribution in [0.25, 0.3) is 11.2 Å². The van der Waals surface area contributed by atoms with E-state index < -0.39 is 0 Å². The normalized spacial score (nSPS) is 16.6. The molecule has 0 bridgehead atoms. The Labute approximate surface area is 177 Å². The summed E-state index contributed by atoms with van der Waals surface area (Å²) in [6.45, 7) is 8.28. The van der Waals surface area contributed by atoms with Crippen LogP contribution in [0.5, 0.6) is 0 Å². The molecule has 0 fully saturated rings. The van der Waals surface area contributed by atoms with Crippen molar-refractivity contribution in [3.05, 3.63) is 49.6 Å². The van der Waals surface area contributed by atoms with E-state index >= 15 is 0 Å². The second kappa shape index (κ2) is 7.48. The molecular weight excluding hydrogens is 434 g/mol. The van der Waals surface area contributed by atoms with E-state index in [-0.39, 0.29) is 11.2 Å². The minimum Gasteiger partial charge on any atom is -0.312 e. The van der Waals surface area contributed by atoms with Gasteiger partial charge in [-0.1, -0.05) is 36.7 Å². The van der Waals surface area contributed by atoms with Crippen LogP contribution in [0.4, 0.5) is 11.6 Å². The fourth-order valence-corrected chi connectivity index (χ4v) is 4.19. The zero-order valence-electron chi connectivity index (χ0n) is 17.2. The standard InChI is InChI=1S/C21H26BrN5O2/c1-13(2)9-10-25-19(28)17-18(24(4)21(25)29)23-20-26(11-14(3)12-27(17)20)16-7-5-15(22)6-8-16/h5-8,13-14H,9-12H2,1-4H3. The molecule has 8 heteroatoms. The lowest BCUT2D eigenvalue weighted by Crippen LogP contribution is -2.40. The summed E-state index contributed by atoms with van der Waals surface area (Å²) < 4.78 is 5.86. The van der Waals surface area contributed by atoms with Gasteiger partial charge in [0.05, 0.1) is 0 Å². The third-order valence-corrected chi connectivity index (χ3v) is 6.04. The molecule has 0 N–H and O–H groups in total. The highest BCUT2D eigenvalue weighted by Gasteiger charge is 2.29. The summed E-state index contributed by atoms with van der Waals surface area (Å²) in [5.41, 5.74) is 1.43. The zero-order valence-corrected chi connectivity index (χ0v) is 18.8. The number of rotatable bonds is 4. The highest BCUT2D eigenvalue weighted by Crippen LogP contribution is 2.33. The number of nitrogens with zero attached hydrogens (tertiary/aromatic N) is 5. The van der Waals surface area contributed by atoms with Gasteiger partial charge in [-0.3, -0.25) is 13.9 Å². The van der Waals surface area contributed by atoms with E-state index in [0.29, 0.717) is 42.0 Å². The van der Waals surface area contributed by atoms with Crippen molar-refractivity contribution in [2.75, 3.05) is 11.4 Å². The number of aryl methyl sites for hydroxylation is 1. The van der Waals surface area contributed by atoms with Gasteiger partial charge < -0.3 is 9.47 Å². The molecule has 0 saturated heterocycles. The van der Waals surface area contributed by atoms with Gasteiger partial charge in [-0.15, -0.1) is 0 Å². The molecule has 1 unspecified atom stereocenters. The van der Waals surface area contributed by atoms with Crippen molar-refractivity contribution < 1.29 is 0 Å². The fraction of sp³-hybridized carbons (Fsp3) is 0.476. The largest absolute Gasteiger partial charge is 0.332 e. The molecule has 0 aliphatic carbocycles. The zero-order chi connectivity index (χ0) is 20.9. The van der Waals surface area contributed by atoms with Gasteiger partial charge in [-0.05, 0) is 42.5 Å². The van der Waals surface area contributed by atoms with Crippen LogP contribution in [0.1, 0.15) is 27.2 Å². The van der Waals surface area contributed by atoms with E-state index in [4.69, 9.17) is 4.98 Å². The number of aromatic nitrogens is 4. The predicted molar refractivity (Wildman–Crippen MR) is 119 cm³/mol. The minimum atomic E-state index is -0.304. The Hall–Kier alpha value is -2.35. The number of hydrogen-bond acceptors (Lipinski definition) is 4. The van der Waals surface area contributed by atoms with Gasteiger partial charge in [0.25, 0.3) is 5.56 Å². The number of hydrogen-bond donors (Lipinski definition) is 0. The van der Waals surface area contributed by atoms with E-state index in [1.54, 1.807) is 7.05 Å². The average Bonchev–Trinajstić information content (AvgIpc) is 3.05. The minimum absolute atomic E-state index is 0.243. The van der Waals surface area contributed by atoms with Gasteiger partial charge in [-0.25, -0.2) is 4.79 Å². The van der Waals surface area contributed by atoms with Crippen LogP contribution in [0.2, 0.25) is 0 Å². The topological polar surface area (TPSA) is 65.1 Å². The van der Waals surface area contributed by atoms with Crippen molar-refractivity contribution in [2.45, 2.75) is 40.3 Å². The lowest BCUT2D eigenvalue weighted by molar-refractivity contribution is 0.455. The summed E-state index contributed by atoms with van der Waals surface area (Å²) in [7, 11) is 1.70. The molecule has 1 atom stereocenters. The van der Waals surface area contributed by atoms with E-state index in [2.05, 4.69) is 41.6 Å². The van der Waals surface area contributed by atoms with Gasteiger partial charge in [0.2, 0.25) is 5.95 Å². The molecule has 1 aliphatic heterocycles. The van der Waals surface area contributed by atoms with Crippen LogP contribution in [0.15, 0.2) is 38.3 Å². The van der Waals surface area contributed by atoms with Gasteiger partial charge >= 0.3 is 5.69 Å². The van der Waals surface area contributed by atoms with Crippen LogP contribution < -0.4 is 16.1 Å². The second-order valence-electron chi connectivity index (χ2n) is 8.37. The van der Waals surface area contributed by atoms with Gasteiger partial charge in [0.1, 0.15) is 0 Å². The lowest BCUT2D eigenvalue weighted by atomic mass is 10.1.